The maximum Gasteiger partial charge on any atom is 0.341 e. The summed E-state index contributed by atoms with van der Waals surface area (Å²) in [7, 11) is 0. The molecule has 0 atom stereocenters. The predicted octanol–water partition coefficient (Wildman–Crippen LogP) is 2.34. The minimum absolute atomic E-state index is 0.409. The van der Waals surface area contributed by atoms with E-state index >= 15 is 0 Å². The lowest BCUT2D eigenvalue weighted by Crippen LogP contribution is -2.31. The number of ether oxygens (including phenoxy) is 1. The van der Waals surface area contributed by atoms with Crippen molar-refractivity contribution >= 4 is 68.0 Å². The number of hydrazone groups is 1. The zero-order valence-electron chi connectivity index (χ0n) is 11.0. The molecular weight excluding hydrogens is 473 g/mol. The monoisotopic (exact) mass is 485 g/mol. The van der Waals surface area contributed by atoms with Gasteiger partial charge in [-0.05, 0) is 69.8 Å². The molecule has 114 valence electrons. The Labute approximate surface area is 149 Å². The predicted molar refractivity (Wildman–Crippen MR) is 97.0 cm³/mol. The fourth-order valence-electron chi connectivity index (χ4n) is 1.32. The highest BCUT2D eigenvalue weighted by molar-refractivity contribution is 14.1. The van der Waals surface area contributed by atoms with Crippen LogP contribution in [0.2, 0.25) is 0 Å². The smallest absolute Gasteiger partial charge is 0.341 e. The molecule has 0 heterocycles. The van der Waals surface area contributed by atoms with Crippen LogP contribution in [0.4, 0.5) is 0 Å². The minimum atomic E-state index is -1.05. The van der Waals surface area contributed by atoms with Crippen LogP contribution in [-0.4, -0.2) is 35.6 Å². The summed E-state index contributed by atoms with van der Waals surface area (Å²) >= 11 is 10.5. The molecule has 0 unspecified atom stereocenters. The third-order valence-electron chi connectivity index (χ3n) is 2.08. The molecule has 6 nitrogen and oxygen atoms in total. The van der Waals surface area contributed by atoms with Gasteiger partial charge in [-0.1, -0.05) is 0 Å². The first kappa shape index (κ1) is 18.1. The molecule has 0 radical (unpaired) electrons. The van der Waals surface area contributed by atoms with Crippen LogP contribution >= 0.6 is 50.7 Å². The molecule has 0 saturated carbocycles. The Hall–Kier alpha value is -0.940. The summed E-state index contributed by atoms with van der Waals surface area (Å²) in [6.45, 7) is 2.19. The third kappa shape index (κ3) is 6.57. The lowest BCUT2D eigenvalue weighted by atomic mass is 10.2. The molecule has 0 bridgehead atoms. The maximum absolute atomic E-state index is 10.6. The molecule has 0 saturated heterocycles. The number of carboxylic acid groups (broad SMARTS) is 1. The lowest BCUT2D eigenvalue weighted by Gasteiger charge is -2.10. The number of nitrogens with one attached hydrogen (secondary N) is 2. The Bertz CT molecular complexity index is 569. The van der Waals surface area contributed by atoms with Crippen LogP contribution < -0.4 is 15.5 Å². The molecule has 0 aliphatic heterocycles. The Balaban J connectivity index is 2.90. The van der Waals surface area contributed by atoms with Crippen molar-refractivity contribution in [3.8, 4) is 5.75 Å². The standard InChI is InChI=1S/C12H13BrIN3O3S/c1-2-15-12(21)17-16-5-7-3-8(14)4-9(13)11(7)20-6-10(18)19/h3-5H,2,6H2,1H3,(H,18,19)(H2,15,17,21)/b16-5-. The fraction of sp³-hybridized carbons (Fsp3) is 0.250. The summed E-state index contributed by atoms with van der Waals surface area (Å²) in [6, 6.07) is 3.65. The Kier molecular flexibility index (Phi) is 7.89. The molecule has 0 fully saturated rings. The van der Waals surface area contributed by atoms with E-state index in [0.717, 1.165) is 3.57 Å². The number of thiocarbonyl (C=S) groups is 1. The van der Waals surface area contributed by atoms with Gasteiger partial charge >= 0.3 is 5.97 Å². The van der Waals surface area contributed by atoms with Crippen LogP contribution in [0.5, 0.6) is 5.75 Å². The van der Waals surface area contributed by atoms with Gasteiger partial charge in [-0.3, -0.25) is 5.43 Å². The first-order chi connectivity index (χ1) is 9.93. The highest BCUT2D eigenvalue weighted by Crippen LogP contribution is 2.30. The molecule has 1 aromatic carbocycles. The molecule has 1 rings (SSSR count). The van der Waals surface area contributed by atoms with Crippen molar-refractivity contribution in [3.05, 3.63) is 25.7 Å². The average Bonchev–Trinajstić information content (AvgIpc) is 2.37. The quantitative estimate of drug-likeness (QED) is 0.248. The van der Waals surface area contributed by atoms with E-state index < -0.39 is 12.6 Å². The molecule has 0 aromatic heterocycles. The minimum Gasteiger partial charge on any atom is -0.480 e. The van der Waals surface area contributed by atoms with Crippen LogP contribution in [0.15, 0.2) is 21.7 Å². The van der Waals surface area contributed by atoms with Gasteiger partial charge in [-0.15, -0.1) is 0 Å². The fourth-order valence-corrected chi connectivity index (χ4v) is 3.18. The number of hydrogen-bond acceptors (Lipinski definition) is 4. The van der Waals surface area contributed by atoms with Crippen LogP contribution in [0, 0.1) is 3.57 Å². The van der Waals surface area contributed by atoms with Gasteiger partial charge in [0.15, 0.2) is 11.7 Å². The molecule has 0 aliphatic carbocycles. The first-order valence-electron chi connectivity index (χ1n) is 5.84. The van der Waals surface area contributed by atoms with E-state index in [2.05, 4.69) is 54.4 Å². The van der Waals surface area contributed by atoms with Gasteiger partial charge in [0.1, 0.15) is 5.75 Å². The third-order valence-corrected chi connectivity index (χ3v) is 3.53. The summed E-state index contributed by atoms with van der Waals surface area (Å²) in [5, 5.41) is 16.0. The number of aliphatic carboxylic acids is 1. The van der Waals surface area contributed by atoms with Crippen molar-refractivity contribution < 1.29 is 14.6 Å². The molecule has 0 aliphatic rings. The zero-order valence-corrected chi connectivity index (χ0v) is 15.6. The molecule has 21 heavy (non-hydrogen) atoms. The summed E-state index contributed by atoms with van der Waals surface area (Å²) in [5.74, 6) is -0.632. The van der Waals surface area contributed by atoms with Gasteiger partial charge in [0.2, 0.25) is 0 Å². The van der Waals surface area contributed by atoms with Crippen LogP contribution in [0.25, 0.3) is 0 Å². The largest absolute Gasteiger partial charge is 0.480 e. The van der Waals surface area contributed by atoms with E-state index in [9.17, 15) is 4.79 Å². The van der Waals surface area contributed by atoms with Crippen LogP contribution in [-0.2, 0) is 4.79 Å². The highest BCUT2D eigenvalue weighted by Gasteiger charge is 2.10. The number of halogens is 2. The van der Waals surface area contributed by atoms with Gasteiger partial charge in [0, 0.05) is 15.7 Å². The second-order valence-corrected chi connectivity index (χ2v) is 6.23. The number of carboxylic acids is 1. The molecular formula is C12H13BrIN3O3S. The molecule has 3 N–H and O–H groups in total. The number of nitrogens with zero attached hydrogens (tertiary/aromatic N) is 1. The van der Waals surface area contributed by atoms with E-state index in [1.54, 1.807) is 0 Å². The summed E-state index contributed by atoms with van der Waals surface area (Å²) in [6.07, 6.45) is 1.52. The van der Waals surface area contributed by atoms with E-state index in [1.807, 2.05) is 19.1 Å². The van der Waals surface area contributed by atoms with Gasteiger partial charge in [0.05, 0.1) is 10.7 Å². The number of hydrogen-bond donors (Lipinski definition) is 3. The highest BCUT2D eigenvalue weighted by atomic mass is 127. The Morgan fingerprint density at radius 1 is 1.62 bits per heavy atom. The Morgan fingerprint density at radius 2 is 2.33 bits per heavy atom. The van der Waals surface area contributed by atoms with Gasteiger partial charge in [0.25, 0.3) is 0 Å². The van der Waals surface area contributed by atoms with E-state index in [4.69, 9.17) is 22.1 Å². The van der Waals surface area contributed by atoms with Crippen LogP contribution in [0.1, 0.15) is 12.5 Å². The van der Waals surface area contributed by atoms with Gasteiger partial charge in [-0.2, -0.15) is 5.10 Å². The average molecular weight is 486 g/mol. The summed E-state index contributed by atoms with van der Waals surface area (Å²) < 4.78 is 6.89. The zero-order chi connectivity index (χ0) is 15.8. The van der Waals surface area contributed by atoms with Crippen molar-refractivity contribution in [2.24, 2.45) is 5.10 Å². The topological polar surface area (TPSA) is 83.0 Å². The second-order valence-electron chi connectivity index (χ2n) is 3.72. The van der Waals surface area contributed by atoms with E-state index in [1.165, 1.54) is 6.21 Å². The Morgan fingerprint density at radius 3 is 2.95 bits per heavy atom. The number of benzene rings is 1. The molecule has 9 heteroatoms. The van der Waals surface area contributed by atoms with Gasteiger partial charge in [-0.25, -0.2) is 4.79 Å². The van der Waals surface area contributed by atoms with E-state index in [0.29, 0.717) is 27.4 Å². The SMILES string of the molecule is CCNC(=S)N/N=C\c1cc(I)cc(Br)c1OCC(=O)O. The first-order valence-corrected chi connectivity index (χ1v) is 8.12. The number of carbonyl (C=O) groups is 1. The summed E-state index contributed by atoms with van der Waals surface area (Å²) in [4.78, 5) is 10.6. The normalized spacial score (nSPS) is 10.4. The maximum atomic E-state index is 10.6. The molecule has 1 aromatic rings. The van der Waals surface area contributed by atoms with Crippen molar-refractivity contribution in [2.75, 3.05) is 13.2 Å². The van der Waals surface area contributed by atoms with Crippen LogP contribution in [0.3, 0.4) is 0 Å². The van der Waals surface area contributed by atoms with Crippen molar-refractivity contribution in [1.82, 2.24) is 10.7 Å². The molecule has 0 spiro atoms. The molecule has 0 amide bonds. The van der Waals surface area contributed by atoms with E-state index in [-0.39, 0.29) is 0 Å². The van der Waals surface area contributed by atoms with Gasteiger partial charge < -0.3 is 15.2 Å². The lowest BCUT2D eigenvalue weighted by molar-refractivity contribution is -0.139. The van der Waals surface area contributed by atoms with Crippen molar-refractivity contribution in [2.45, 2.75) is 6.92 Å². The van der Waals surface area contributed by atoms with Crippen molar-refractivity contribution in [3.63, 3.8) is 0 Å². The second kappa shape index (κ2) is 9.15. The van der Waals surface area contributed by atoms with Crippen molar-refractivity contribution in [1.29, 1.82) is 0 Å². The number of rotatable bonds is 6. The summed E-state index contributed by atoms with van der Waals surface area (Å²) in [5.41, 5.74) is 3.30.